The molecule has 4 nitrogen and oxygen atoms in total. The number of aryl methyl sites for hydroxylation is 1. The van der Waals surface area contributed by atoms with Crippen LogP contribution in [0.1, 0.15) is 58.3 Å². The number of alkyl halides is 2. The second kappa shape index (κ2) is 5.55. The molecule has 0 aliphatic heterocycles. The molecule has 27 heavy (non-hydrogen) atoms. The van der Waals surface area contributed by atoms with E-state index in [1.165, 1.54) is 23.5 Å². The summed E-state index contributed by atoms with van der Waals surface area (Å²) in [6.45, 7) is 0. The molecule has 1 amide bonds. The molecule has 5 rings (SSSR count). The highest BCUT2D eigenvalue weighted by Gasteiger charge is 2.74. The zero-order chi connectivity index (χ0) is 19.1. The summed E-state index contributed by atoms with van der Waals surface area (Å²) < 4.78 is 27.9. The summed E-state index contributed by atoms with van der Waals surface area (Å²) in [4.78, 5) is 12.7. The van der Waals surface area contributed by atoms with Crippen LogP contribution in [0.2, 0.25) is 0 Å². The van der Waals surface area contributed by atoms with Gasteiger partial charge in [-0.15, -0.1) is 0 Å². The number of nitrogens with one attached hydrogen (secondary N) is 1. The van der Waals surface area contributed by atoms with E-state index in [4.69, 9.17) is 23.2 Å². The fourth-order valence-electron chi connectivity index (χ4n) is 5.13. The number of carbonyl (C=O) groups excluding carboxylic acids is 1. The molecule has 3 aliphatic rings. The SMILES string of the molecule is Cn1cc(C(=O)Nc2cccc3c2C2C(=C(Cl)Cl)C24CCC34)c(C(F)F)n1. The van der Waals surface area contributed by atoms with E-state index in [0.29, 0.717) is 16.1 Å². The van der Waals surface area contributed by atoms with Crippen molar-refractivity contribution in [2.24, 2.45) is 12.5 Å². The monoisotopic (exact) mass is 409 g/mol. The summed E-state index contributed by atoms with van der Waals surface area (Å²) >= 11 is 12.2. The molecule has 1 aromatic heterocycles. The van der Waals surface area contributed by atoms with Gasteiger partial charge in [0.2, 0.25) is 0 Å². The fourth-order valence-corrected chi connectivity index (χ4v) is 5.70. The van der Waals surface area contributed by atoms with Crippen LogP contribution in [-0.4, -0.2) is 15.7 Å². The highest BCUT2D eigenvalue weighted by Crippen LogP contribution is 2.86. The molecule has 0 radical (unpaired) electrons. The molecule has 2 aromatic rings. The highest BCUT2D eigenvalue weighted by molar-refractivity contribution is 6.56. The van der Waals surface area contributed by atoms with Crippen LogP contribution < -0.4 is 5.32 Å². The van der Waals surface area contributed by atoms with E-state index in [1.807, 2.05) is 6.07 Å². The summed E-state index contributed by atoms with van der Waals surface area (Å²) in [5.74, 6) is -0.119. The minimum absolute atomic E-state index is 0.00440. The van der Waals surface area contributed by atoms with Gasteiger partial charge in [-0.2, -0.15) is 5.10 Å². The molecule has 3 unspecified atom stereocenters. The van der Waals surface area contributed by atoms with Crippen molar-refractivity contribution >= 4 is 34.8 Å². The number of halogens is 4. The van der Waals surface area contributed by atoms with Gasteiger partial charge in [-0.25, -0.2) is 8.78 Å². The van der Waals surface area contributed by atoms with Gasteiger partial charge in [0, 0.05) is 30.3 Å². The van der Waals surface area contributed by atoms with Gasteiger partial charge in [-0.05, 0) is 41.5 Å². The van der Waals surface area contributed by atoms with Crippen LogP contribution >= 0.6 is 23.2 Å². The minimum Gasteiger partial charge on any atom is -0.322 e. The number of amides is 1. The van der Waals surface area contributed by atoms with Crippen LogP contribution in [0, 0.1) is 5.41 Å². The van der Waals surface area contributed by atoms with E-state index in [1.54, 1.807) is 6.07 Å². The van der Waals surface area contributed by atoms with Crippen LogP contribution in [0.25, 0.3) is 0 Å². The second-order valence-corrected chi connectivity index (χ2v) is 8.35. The number of hydrogen-bond acceptors (Lipinski definition) is 2. The van der Waals surface area contributed by atoms with Crippen molar-refractivity contribution < 1.29 is 13.6 Å². The molecule has 1 N–H and O–H groups in total. The lowest BCUT2D eigenvalue weighted by molar-refractivity contribution is 0.101. The highest BCUT2D eigenvalue weighted by atomic mass is 35.5. The summed E-state index contributed by atoms with van der Waals surface area (Å²) in [5.41, 5.74) is 3.26. The third-order valence-electron chi connectivity index (χ3n) is 6.25. The third kappa shape index (κ3) is 2.14. The molecule has 1 spiro atoms. The number of fused-ring (bicyclic) bond motifs is 3. The van der Waals surface area contributed by atoms with Gasteiger partial charge in [-0.3, -0.25) is 9.48 Å². The van der Waals surface area contributed by atoms with Gasteiger partial charge in [0.05, 0.1) is 5.56 Å². The Morgan fingerprint density at radius 1 is 1.41 bits per heavy atom. The summed E-state index contributed by atoms with van der Waals surface area (Å²) in [7, 11) is 1.51. The van der Waals surface area contributed by atoms with Crippen molar-refractivity contribution in [3.63, 3.8) is 0 Å². The Hall–Kier alpha value is -1.92. The normalized spacial score (nSPS) is 27.0. The van der Waals surface area contributed by atoms with Crippen LogP contribution in [-0.2, 0) is 7.05 Å². The number of allylic oxidation sites excluding steroid dienone is 1. The number of carbonyl (C=O) groups is 1. The van der Waals surface area contributed by atoms with Gasteiger partial charge in [0.25, 0.3) is 12.3 Å². The van der Waals surface area contributed by atoms with E-state index in [-0.39, 0.29) is 16.9 Å². The quantitative estimate of drug-likeness (QED) is 0.749. The minimum atomic E-state index is -2.82. The third-order valence-corrected chi connectivity index (χ3v) is 6.66. The second-order valence-electron chi connectivity index (χ2n) is 7.40. The molecule has 140 valence electrons. The van der Waals surface area contributed by atoms with Gasteiger partial charge >= 0.3 is 0 Å². The summed E-state index contributed by atoms with van der Waals surface area (Å²) in [6, 6.07) is 5.75. The Morgan fingerprint density at radius 2 is 2.19 bits per heavy atom. The number of hydrogen-bond donors (Lipinski definition) is 1. The number of aromatic nitrogens is 2. The first-order chi connectivity index (χ1) is 12.9. The maximum Gasteiger partial charge on any atom is 0.282 e. The standard InChI is InChI=1S/C19H15Cl2F2N3O/c1-26-7-9(15(25-26)17(22)23)18(27)24-11-4-2-3-8-10-5-6-19(10)13(12(8)11)14(19)16(20)21/h2-4,7,10,13,17H,5-6H2,1H3,(H,24,27). The molecule has 0 bridgehead atoms. The lowest BCUT2D eigenvalue weighted by Crippen LogP contribution is -2.23. The average molecular weight is 410 g/mol. The predicted molar refractivity (Wildman–Crippen MR) is 98.4 cm³/mol. The van der Waals surface area contributed by atoms with Crippen molar-refractivity contribution in [1.82, 2.24) is 9.78 Å². The zero-order valence-corrected chi connectivity index (χ0v) is 15.8. The summed E-state index contributed by atoms with van der Waals surface area (Å²) in [5, 5.41) is 6.52. The van der Waals surface area contributed by atoms with Crippen molar-refractivity contribution in [3.8, 4) is 0 Å². The predicted octanol–water partition coefficient (Wildman–Crippen LogP) is 5.27. The van der Waals surface area contributed by atoms with Crippen molar-refractivity contribution in [1.29, 1.82) is 0 Å². The van der Waals surface area contributed by atoms with Crippen LogP contribution in [0.15, 0.2) is 34.5 Å². The Balaban J connectivity index is 1.53. The lowest BCUT2D eigenvalue weighted by atomic mass is 9.69. The topological polar surface area (TPSA) is 46.9 Å². The van der Waals surface area contributed by atoms with Crippen LogP contribution in [0.4, 0.5) is 14.5 Å². The van der Waals surface area contributed by atoms with Crippen molar-refractivity contribution in [2.75, 3.05) is 5.32 Å². The molecule has 3 aliphatic carbocycles. The van der Waals surface area contributed by atoms with Gasteiger partial charge < -0.3 is 5.32 Å². The Labute approximate surface area is 164 Å². The van der Waals surface area contributed by atoms with Gasteiger partial charge in [0.15, 0.2) is 0 Å². The van der Waals surface area contributed by atoms with Gasteiger partial charge in [0.1, 0.15) is 10.2 Å². The first-order valence-corrected chi connectivity index (χ1v) is 9.43. The molecule has 2 fully saturated rings. The molecule has 1 heterocycles. The Bertz CT molecular complexity index is 1030. The van der Waals surface area contributed by atoms with E-state index < -0.39 is 18.0 Å². The maximum atomic E-state index is 13.2. The van der Waals surface area contributed by atoms with E-state index in [2.05, 4.69) is 16.5 Å². The number of anilines is 1. The van der Waals surface area contributed by atoms with E-state index in [9.17, 15) is 13.6 Å². The number of nitrogens with zero attached hydrogens (tertiary/aromatic N) is 2. The zero-order valence-electron chi connectivity index (χ0n) is 14.3. The lowest BCUT2D eigenvalue weighted by Gasteiger charge is -2.35. The smallest absolute Gasteiger partial charge is 0.282 e. The summed E-state index contributed by atoms with van der Waals surface area (Å²) in [6.07, 6.45) is 0.578. The molecule has 1 aromatic carbocycles. The van der Waals surface area contributed by atoms with Crippen molar-refractivity contribution in [2.45, 2.75) is 31.1 Å². The van der Waals surface area contributed by atoms with Crippen LogP contribution in [0.5, 0.6) is 0 Å². The van der Waals surface area contributed by atoms with Crippen LogP contribution in [0.3, 0.4) is 0 Å². The average Bonchev–Trinajstić information content (AvgIpc) is 3.08. The molecule has 2 saturated carbocycles. The molecule has 8 heteroatoms. The van der Waals surface area contributed by atoms with Crippen molar-refractivity contribution in [3.05, 3.63) is 56.8 Å². The Kier molecular flexibility index (Phi) is 3.53. The molecular formula is C19H15Cl2F2N3O. The van der Waals surface area contributed by atoms with E-state index >= 15 is 0 Å². The molecule has 0 saturated heterocycles. The molecule has 3 atom stereocenters. The van der Waals surface area contributed by atoms with Gasteiger partial charge in [-0.1, -0.05) is 35.3 Å². The fraction of sp³-hybridized carbons (Fsp3) is 0.368. The number of benzene rings is 1. The molecular weight excluding hydrogens is 395 g/mol. The van der Waals surface area contributed by atoms with E-state index in [0.717, 1.165) is 24.0 Å². The largest absolute Gasteiger partial charge is 0.322 e. The Morgan fingerprint density at radius 3 is 2.81 bits per heavy atom. The first kappa shape index (κ1) is 17.2. The maximum absolute atomic E-state index is 13.2. The first-order valence-electron chi connectivity index (χ1n) is 8.67. The number of rotatable bonds is 3.